The van der Waals surface area contributed by atoms with Crippen LogP contribution in [0.3, 0.4) is 0 Å². The fourth-order valence-corrected chi connectivity index (χ4v) is 5.62. The minimum atomic E-state index is -0.995. The molecule has 1 saturated carbocycles. The van der Waals surface area contributed by atoms with Crippen molar-refractivity contribution in [1.29, 1.82) is 0 Å². The van der Waals surface area contributed by atoms with Crippen LogP contribution in [-0.2, 0) is 11.2 Å². The number of aromatic carboxylic acids is 1. The maximum Gasteiger partial charge on any atom is 0.335 e. The zero-order valence-electron chi connectivity index (χ0n) is 19.5. The maximum atomic E-state index is 14.1. The average Bonchev–Trinajstić information content (AvgIpc) is 3.70. The third-order valence-electron chi connectivity index (χ3n) is 7.23. The Bertz CT molecular complexity index is 1480. The van der Waals surface area contributed by atoms with Gasteiger partial charge in [-0.1, -0.05) is 66.2 Å². The number of halogens is 1. The lowest BCUT2D eigenvalue weighted by Crippen LogP contribution is -2.25. The molecule has 4 aromatic carbocycles. The molecule has 1 fully saturated rings. The van der Waals surface area contributed by atoms with Crippen LogP contribution >= 0.6 is 11.6 Å². The summed E-state index contributed by atoms with van der Waals surface area (Å²) in [7, 11) is 0. The summed E-state index contributed by atoms with van der Waals surface area (Å²) in [5, 5.41) is 10.0. The Kier molecular flexibility index (Phi) is 5.62. The van der Waals surface area contributed by atoms with E-state index in [-0.39, 0.29) is 11.5 Å². The van der Waals surface area contributed by atoms with Crippen molar-refractivity contribution < 1.29 is 14.7 Å². The van der Waals surface area contributed by atoms with Gasteiger partial charge in [-0.2, -0.15) is 0 Å². The van der Waals surface area contributed by atoms with Gasteiger partial charge in [-0.25, -0.2) is 4.79 Å². The molecule has 4 nitrogen and oxygen atoms in total. The normalized spacial score (nSPS) is 16.8. The molecule has 1 unspecified atom stereocenters. The van der Waals surface area contributed by atoms with Crippen LogP contribution in [0.2, 0.25) is 5.02 Å². The first-order valence-electron chi connectivity index (χ1n) is 12.2. The summed E-state index contributed by atoms with van der Waals surface area (Å²) in [6.07, 6.45) is 2.82. The van der Waals surface area contributed by atoms with Gasteiger partial charge in [0.1, 0.15) is 0 Å². The molecular weight excluding hydrogens is 470 g/mol. The van der Waals surface area contributed by atoms with Crippen molar-refractivity contribution in [3.8, 4) is 11.1 Å². The number of carboxylic acids is 1. The van der Waals surface area contributed by atoms with Crippen LogP contribution < -0.4 is 4.90 Å². The molecule has 1 atom stereocenters. The highest BCUT2D eigenvalue weighted by Gasteiger charge is 2.41. The van der Waals surface area contributed by atoms with Crippen molar-refractivity contribution in [1.82, 2.24) is 0 Å². The minimum absolute atomic E-state index is 0.0295. The van der Waals surface area contributed by atoms with E-state index in [0.717, 1.165) is 40.8 Å². The zero-order chi connectivity index (χ0) is 24.8. The molecule has 178 valence electrons. The molecule has 1 amide bonds. The van der Waals surface area contributed by atoms with Crippen molar-refractivity contribution in [2.24, 2.45) is 0 Å². The molecule has 0 spiro atoms. The molecule has 0 bridgehead atoms. The van der Waals surface area contributed by atoms with Gasteiger partial charge in [-0.05, 0) is 89.4 Å². The van der Waals surface area contributed by atoms with Gasteiger partial charge >= 0.3 is 5.97 Å². The molecule has 1 heterocycles. The van der Waals surface area contributed by atoms with Crippen LogP contribution in [0.1, 0.15) is 51.7 Å². The number of anilines is 2. The Morgan fingerprint density at radius 3 is 2.31 bits per heavy atom. The molecule has 0 aromatic heterocycles. The van der Waals surface area contributed by atoms with E-state index in [1.165, 1.54) is 17.7 Å². The maximum absolute atomic E-state index is 14.1. The van der Waals surface area contributed by atoms with E-state index in [4.69, 9.17) is 11.6 Å². The Morgan fingerprint density at radius 1 is 0.889 bits per heavy atom. The number of amides is 1. The number of carbonyl (C=O) groups is 2. The van der Waals surface area contributed by atoms with E-state index < -0.39 is 11.9 Å². The lowest BCUT2D eigenvalue weighted by Gasteiger charge is -2.19. The van der Waals surface area contributed by atoms with Gasteiger partial charge in [0.2, 0.25) is 5.91 Å². The largest absolute Gasteiger partial charge is 0.478 e. The number of hydrogen-bond acceptors (Lipinski definition) is 2. The molecule has 4 aromatic rings. The number of nitrogens with zero attached hydrogens (tertiary/aromatic N) is 1. The van der Waals surface area contributed by atoms with Crippen LogP contribution in [-0.4, -0.2) is 17.0 Å². The number of carbonyl (C=O) groups excluding carboxylic acids is 1. The first-order valence-corrected chi connectivity index (χ1v) is 12.5. The lowest BCUT2D eigenvalue weighted by atomic mass is 9.85. The van der Waals surface area contributed by atoms with E-state index in [1.807, 2.05) is 42.5 Å². The molecule has 1 N–H and O–H groups in total. The summed E-state index contributed by atoms with van der Waals surface area (Å²) in [6.45, 7) is 0. The lowest BCUT2D eigenvalue weighted by molar-refractivity contribution is -0.118. The smallest absolute Gasteiger partial charge is 0.335 e. The molecule has 2 aliphatic rings. The highest BCUT2D eigenvalue weighted by atomic mass is 35.5. The van der Waals surface area contributed by atoms with Crippen molar-refractivity contribution in [2.75, 3.05) is 4.90 Å². The Hall–Kier alpha value is -3.89. The second kappa shape index (κ2) is 8.96. The van der Waals surface area contributed by atoms with Gasteiger partial charge in [0.05, 0.1) is 17.2 Å². The van der Waals surface area contributed by atoms with Crippen LogP contribution in [0.25, 0.3) is 11.1 Å². The predicted octanol–water partition coefficient (Wildman–Crippen LogP) is 7.59. The van der Waals surface area contributed by atoms with Gasteiger partial charge in [-0.3, -0.25) is 9.69 Å². The Balaban J connectivity index is 1.51. The molecule has 36 heavy (non-hydrogen) atoms. The topological polar surface area (TPSA) is 57.6 Å². The second-order valence-electron chi connectivity index (χ2n) is 9.47. The van der Waals surface area contributed by atoms with E-state index in [0.29, 0.717) is 23.0 Å². The third kappa shape index (κ3) is 3.88. The first-order chi connectivity index (χ1) is 17.5. The molecule has 6 rings (SSSR count). The van der Waals surface area contributed by atoms with Crippen molar-refractivity contribution in [3.05, 3.63) is 118 Å². The van der Waals surface area contributed by atoms with Crippen LogP contribution in [0, 0.1) is 0 Å². The predicted molar refractivity (Wildman–Crippen MR) is 142 cm³/mol. The number of hydrogen-bond donors (Lipinski definition) is 1. The monoisotopic (exact) mass is 493 g/mol. The van der Waals surface area contributed by atoms with E-state index in [2.05, 4.69) is 24.3 Å². The van der Waals surface area contributed by atoms with Crippen molar-refractivity contribution in [2.45, 2.75) is 31.1 Å². The van der Waals surface area contributed by atoms with E-state index in [9.17, 15) is 14.7 Å². The first kappa shape index (κ1) is 22.6. The fraction of sp³-hybridized carbons (Fsp3) is 0.161. The van der Waals surface area contributed by atoms with Gasteiger partial charge < -0.3 is 5.11 Å². The molecular formula is C31H24ClNO3. The van der Waals surface area contributed by atoms with Gasteiger partial charge in [-0.15, -0.1) is 0 Å². The summed E-state index contributed by atoms with van der Waals surface area (Å²) in [4.78, 5) is 27.3. The Labute approximate surface area is 214 Å². The fourth-order valence-electron chi connectivity index (χ4n) is 5.36. The Morgan fingerprint density at radius 2 is 1.61 bits per heavy atom. The van der Waals surface area contributed by atoms with Crippen LogP contribution in [0.5, 0.6) is 0 Å². The molecule has 0 saturated heterocycles. The number of fused-ring (bicyclic) bond motifs is 1. The van der Waals surface area contributed by atoms with E-state index >= 15 is 0 Å². The molecule has 5 heteroatoms. The highest BCUT2D eigenvalue weighted by Crippen LogP contribution is 2.50. The number of carboxylic acid groups (broad SMARTS) is 1. The summed E-state index contributed by atoms with van der Waals surface area (Å²) in [5.74, 6) is -0.921. The van der Waals surface area contributed by atoms with Crippen molar-refractivity contribution in [3.63, 3.8) is 0 Å². The zero-order valence-corrected chi connectivity index (χ0v) is 20.3. The minimum Gasteiger partial charge on any atom is -0.478 e. The summed E-state index contributed by atoms with van der Waals surface area (Å²) in [5.41, 5.74) is 7.03. The quantitative estimate of drug-likeness (QED) is 0.301. The van der Waals surface area contributed by atoms with Gasteiger partial charge in [0, 0.05) is 10.7 Å². The molecule has 1 aliphatic heterocycles. The number of rotatable bonds is 6. The molecule has 1 aliphatic carbocycles. The summed E-state index contributed by atoms with van der Waals surface area (Å²) in [6, 6.07) is 28.7. The highest BCUT2D eigenvalue weighted by molar-refractivity contribution is 6.31. The molecule has 0 radical (unpaired) electrons. The third-order valence-corrected chi connectivity index (χ3v) is 7.58. The summed E-state index contributed by atoms with van der Waals surface area (Å²) >= 11 is 6.73. The van der Waals surface area contributed by atoms with Crippen LogP contribution in [0.4, 0.5) is 11.4 Å². The van der Waals surface area contributed by atoms with E-state index in [1.54, 1.807) is 17.0 Å². The average molecular weight is 494 g/mol. The van der Waals surface area contributed by atoms with Crippen molar-refractivity contribution >= 4 is 34.9 Å². The second-order valence-corrected chi connectivity index (χ2v) is 9.88. The SMILES string of the molecule is O=C(O)c1ccc(N2C(=O)C(Cc3c(Cl)cccc3C3CC3)c3c(-c4ccccc4)cccc32)cc1. The standard InChI is InChI=1S/C31H24ClNO3/c32-27-10-4-8-23(20-12-13-20)25(27)18-26-29-24(19-6-2-1-3-7-19)9-5-11-28(29)33(30(26)34)22-16-14-21(15-17-22)31(35)36/h1-11,14-17,20,26H,12-13,18H2,(H,35,36). The van der Waals surface area contributed by atoms with Gasteiger partial charge in [0.15, 0.2) is 0 Å². The summed E-state index contributed by atoms with van der Waals surface area (Å²) < 4.78 is 0. The van der Waals surface area contributed by atoms with Crippen LogP contribution in [0.15, 0.2) is 91.0 Å². The number of benzene rings is 4. The van der Waals surface area contributed by atoms with Gasteiger partial charge in [0.25, 0.3) is 0 Å².